The number of fused-ring (bicyclic) bond motifs is 1. The van der Waals surface area contributed by atoms with Crippen molar-refractivity contribution in [2.45, 2.75) is 25.3 Å². The van der Waals surface area contributed by atoms with Crippen LogP contribution < -0.4 is 0 Å². The summed E-state index contributed by atoms with van der Waals surface area (Å²) in [5.74, 6) is -0.156. The molecule has 0 aliphatic carbocycles. The van der Waals surface area contributed by atoms with E-state index in [1.165, 1.54) is 19.4 Å². The molecule has 17 heavy (non-hydrogen) atoms. The number of carboxylic acids is 1. The normalized spacial score (nSPS) is 30.9. The van der Waals surface area contributed by atoms with Crippen LogP contribution in [-0.4, -0.2) is 60.1 Å². The minimum absolute atomic E-state index is 0.313. The molecule has 0 bridgehead atoms. The van der Waals surface area contributed by atoms with Gasteiger partial charge in [0.1, 0.15) is 0 Å². The third-order valence-corrected chi connectivity index (χ3v) is 4.15. The summed E-state index contributed by atoms with van der Waals surface area (Å²) >= 11 is 0. The molecule has 0 aromatic carbocycles. The van der Waals surface area contributed by atoms with Crippen LogP contribution in [0.5, 0.6) is 0 Å². The molecular weight excluding hydrogens is 216 g/mol. The molecule has 96 valence electrons. The van der Waals surface area contributed by atoms with Gasteiger partial charge >= 0.3 is 5.97 Å². The van der Waals surface area contributed by atoms with Crippen molar-refractivity contribution in [2.24, 2.45) is 5.92 Å². The fourth-order valence-corrected chi connectivity index (χ4v) is 3.21. The standard InChI is InChI=1S/C13H22N2O2/c1-10(13(16)17)8-15-7-5-12-11(9-15)4-3-6-14(12)2/h11-12H,1,3-9H2,2H3,(H,16,17). The van der Waals surface area contributed by atoms with Crippen LogP contribution in [0.25, 0.3) is 0 Å². The van der Waals surface area contributed by atoms with Crippen molar-refractivity contribution in [1.29, 1.82) is 0 Å². The van der Waals surface area contributed by atoms with Crippen LogP contribution in [-0.2, 0) is 4.79 Å². The number of hydrogen-bond donors (Lipinski definition) is 1. The number of rotatable bonds is 3. The minimum atomic E-state index is -0.868. The number of carbonyl (C=O) groups is 1. The van der Waals surface area contributed by atoms with E-state index in [2.05, 4.69) is 23.4 Å². The molecule has 0 saturated carbocycles. The SMILES string of the molecule is C=C(CN1CCC2C(CCCN2C)C1)C(=O)O. The van der Waals surface area contributed by atoms with Gasteiger partial charge in [-0.25, -0.2) is 4.79 Å². The molecule has 2 fully saturated rings. The van der Waals surface area contributed by atoms with Crippen molar-refractivity contribution in [3.05, 3.63) is 12.2 Å². The van der Waals surface area contributed by atoms with E-state index in [0.717, 1.165) is 19.5 Å². The van der Waals surface area contributed by atoms with E-state index in [-0.39, 0.29) is 0 Å². The van der Waals surface area contributed by atoms with Crippen molar-refractivity contribution in [1.82, 2.24) is 9.80 Å². The summed E-state index contributed by atoms with van der Waals surface area (Å²) < 4.78 is 0. The summed E-state index contributed by atoms with van der Waals surface area (Å²) in [4.78, 5) is 15.5. The van der Waals surface area contributed by atoms with E-state index in [4.69, 9.17) is 5.11 Å². The van der Waals surface area contributed by atoms with Crippen LogP contribution >= 0.6 is 0 Å². The predicted octanol–water partition coefficient (Wildman–Crippen LogP) is 1.04. The monoisotopic (exact) mass is 238 g/mol. The van der Waals surface area contributed by atoms with Crippen molar-refractivity contribution < 1.29 is 9.90 Å². The highest BCUT2D eigenvalue weighted by molar-refractivity contribution is 5.86. The molecule has 4 heteroatoms. The molecule has 1 N–H and O–H groups in total. The van der Waals surface area contributed by atoms with Crippen LogP contribution in [0.15, 0.2) is 12.2 Å². The Balaban J connectivity index is 1.89. The molecule has 0 aromatic rings. The highest BCUT2D eigenvalue weighted by Crippen LogP contribution is 2.29. The second-order valence-corrected chi connectivity index (χ2v) is 5.38. The number of nitrogens with zero attached hydrogens (tertiary/aromatic N) is 2. The molecular formula is C13H22N2O2. The second-order valence-electron chi connectivity index (χ2n) is 5.38. The Morgan fingerprint density at radius 2 is 2.18 bits per heavy atom. The van der Waals surface area contributed by atoms with E-state index >= 15 is 0 Å². The van der Waals surface area contributed by atoms with E-state index in [1.54, 1.807) is 0 Å². The molecule has 0 radical (unpaired) electrons. The number of piperidine rings is 2. The second kappa shape index (κ2) is 5.19. The molecule has 2 aliphatic heterocycles. The van der Waals surface area contributed by atoms with E-state index in [1.807, 2.05) is 0 Å². The van der Waals surface area contributed by atoms with Gasteiger partial charge in [-0.05, 0) is 38.8 Å². The third-order valence-electron chi connectivity index (χ3n) is 4.15. The van der Waals surface area contributed by atoms with E-state index < -0.39 is 5.97 Å². The Kier molecular flexibility index (Phi) is 3.84. The number of aliphatic carboxylic acids is 1. The van der Waals surface area contributed by atoms with Gasteiger partial charge in [-0.3, -0.25) is 4.90 Å². The lowest BCUT2D eigenvalue weighted by Gasteiger charge is -2.46. The van der Waals surface area contributed by atoms with Crippen molar-refractivity contribution in [3.63, 3.8) is 0 Å². The fraction of sp³-hybridized carbons (Fsp3) is 0.769. The van der Waals surface area contributed by atoms with Crippen LogP contribution in [0.3, 0.4) is 0 Å². The molecule has 2 heterocycles. The predicted molar refractivity (Wildman–Crippen MR) is 67.0 cm³/mol. The fourth-order valence-electron chi connectivity index (χ4n) is 3.21. The van der Waals surface area contributed by atoms with Gasteiger partial charge in [0.05, 0.1) is 0 Å². The Hall–Kier alpha value is -0.870. The van der Waals surface area contributed by atoms with Gasteiger partial charge in [-0.2, -0.15) is 0 Å². The Bertz CT molecular complexity index is 317. The van der Waals surface area contributed by atoms with Crippen molar-refractivity contribution in [2.75, 3.05) is 33.2 Å². The lowest BCUT2D eigenvalue weighted by Crippen LogP contribution is -2.53. The first-order valence-corrected chi connectivity index (χ1v) is 6.41. The van der Waals surface area contributed by atoms with Crippen molar-refractivity contribution in [3.8, 4) is 0 Å². The highest BCUT2D eigenvalue weighted by Gasteiger charge is 2.34. The Labute approximate surface area is 103 Å². The lowest BCUT2D eigenvalue weighted by atomic mass is 9.84. The molecule has 2 unspecified atom stereocenters. The molecule has 0 aromatic heterocycles. The molecule has 2 aliphatic rings. The van der Waals surface area contributed by atoms with E-state index in [9.17, 15) is 4.79 Å². The summed E-state index contributed by atoms with van der Waals surface area (Å²) in [5, 5.41) is 8.85. The average Bonchev–Trinajstić information content (AvgIpc) is 2.29. The molecule has 2 saturated heterocycles. The zero-order valence-electron chi connectivity index (χ0n) is 10.6. The van der Waals surface area contributed by atoms with Gasteiger partial charge < -0.3 is 10.0 Å². The molecule has 2 atom stereocenters. The summed E-state index contributed by atoms with van der Waals surface area (Å²) in [5.41, 5.74) is 0.313. The van der Waals surface area contributed by atoms with Gasteiger partial charge in [0.15, 0.2) is 0 Å². The van der Waals surface area contributed by atoms with Crippen LogP contribution in [0.2, 0.25) is 0 Å². The molecule has 4 nitrogen and oxygen atoms in total. The third kappa shape index (κ3) is 2.87. The van der Waals surface area contributed by atoms with Gasteiger partial charge in [-0.15, -0.1) is 0 Å². The smallest absolute Gasteiger partial charge is 0.332 e. The minimum Gasteiger partial charge on any atom is -0.478 e. The summed E-state index contributed by atoms with van der Waals surface area (Å²) in [6.07, 6.45) is 3.71. The number of hydrogen-bond acceptors (Lipinski definition) is 3. The van der Waals surface area contributed by atoms with Gasteiger partial charge in [0.25, 0.3) is 0 Å². The summed E-state index contributed by atoms with van der Waals surface area (Å²) in [7, 11) is 2.21. The quantitative estimate of drug-likeness (QED) is 0.746. The highest BCUT2D eigenvalue weighted by atomic mass is 16.4. The van der Waals surface area contributed by atoms with Crippen molar-refractivity contribution >= 4 is 5.97 Å². The zero-order valence-corrected chi connectivity index (χ0v) is 10.6. The van der Waals surface area contributed by atoms with Gasteiger partial charge in [0, 0.05) is 31.2 Å². The average molecular weight is 238 g/mol. The topological polar surface area (TPSA) is 43.8 Å². The van der Waals surface area contributed by atoms with Crippen LogP contribution in [0.4, 0.5) is 0 Å². The largest absolute Gasteiger partial charge is 0.478 e. The lowest BCUT2D eigenvalue weighted by molar-refractivity contribution is -0.133. The first-order chi connectivity index (χ1) is 8.08. The maximum absolute atomic E-state index is 10.8. The first-order valence-electron chi connectivity index (χ1n) is 6.41. The Morgan fingerprint density at radius 1 is 1.41 bits per heavy atom. The first kappa shape index (κ1) is 12.6. The van der Waals surface area contributed by atoms with E-state index in [0.29, 0.717) is 24.1 Å². The summed E-state index contributed by atoms with van der Waals surface area (Å²) in [6.45, 7) is 7.37. The van der Waals surface area contributed by atoms with Crippen LogP contribution in [0.1, 0.15) is 19.3 Å². The summed E-state index contributed by atoms with van der Waals surface area (Å²) in [6, 6.07) is 0.707. The number of likely N-dealkylation sites (tertiary alicyclic amines) is 2. The molecule has 0 spiro atoms. The molecule has 0 amide bonds. The van der Waals surface area contributed by atoms with Gasteiger partial charge in [-0.1, -0.05) is 6.58 Å². The van der Waals surface area contributed by atoms with Gasteiger partial charge in [0.2, 0.25) is 0 Å². The Morgan fingerprint density at radius 3 is 2.88 bits per heavy atom. The zero-order chi connectivity index (χ0) is 12.4. The molecule has 2 rings (SSSR count). The maximum Gasteiger partial charge on any atom is 0.332 e. The number of carboxylic acid groups (broad SMARTS) is 1. The maximum atomic E-state index is 10.8. The van der Waals surface area contributed by atoms with Crippen LogP contribution in [0, 0.1) is 5.92 Å².